The number of rotatable bonds is 7. The number of hydrogen-bond donors (Lipinski definition) is 4. The second kappa shape index (κ2) is 16.8. The predicted molar refractivity (Wildman–Crippen MR) is 253 cm³/mol. The summed E-state index contributed by atoms with van der Waals surface area (Å²) >= 11 is 2.25. The van der Waals surface area contributed by atoms with Crippen molar-refractivity contribution < 1.29 is 14.4 Å². The molecule has 3 unspecified atom stereocenters. The summed E-state index contributed by atoms with van der Waals surface area (Å²) in [7, 11) is 2.28. The number of ketones is 1. The maximum Gasteiger partial charge on any atom is 0.204 e. The van der Waals surface area contributed by atoms with Gasteiger partial charge in [0.25, 0.3) is 0 Å². The van der Waals surface area contributed by atoms with Crippen molar-refractivity contribution in [2.75, 3.05) is 33.6 Å². The third-order valence-electron chi connectivity index (χ3n) is 12.9. The van der Waals surface area contributed by atoms with Crippen LogP contribution in [-0.2, 0) is 5.41 Å². The molecular weight excluding hydrogens is 861 g/mol. The molecule has 1 spiro atoms. The molecule has 2 aromatic carbocycles. The minimum Gasteiger partial charge on any atom is -0.506 e. The summed E-state index contributed by atoms with van der Waals surface area (Å²) in [6, 6.07) is 11.8. The zero-order valence-electron chi connectivity index (χ0n) is 35.7. The predicted octanol–water partition coefficient (Wildman–Crippen LogP) is 11.0. The largest absolute Gasteiger partial charge is 0.506 e. The number of likely N-dealkylation sites (tertiary alicyclic amines) is 1. The number of allylic oxidation sites excluding steroid dienone is 2. The molecule has 1 saturated heterocycles. The van der Waals surface area contributed by atoms with Crippen molar-refractivity contribution >= 4 is 80.2 Å². The quantitative estimate of drug-likeness (QED) is 0.0737. The lowest BCUT2D eigenvalue weighted by molar-refractivity contribution is 0.103. The Morgan fingerprint density at radius 1 is 0.860 bits per heavy atom. The van der Waals surface area contributed by atoms with Crippen LogP contribution >= 0.6 is 41.2 Å². The summed E-state index contributed by atoms with van der Waals surface area (Å²) in [6.45, 7) is 21.0. The molecular formula is C45H61IN6O3P2. The Morgan fingerprint density at radius 3 is 1.96 bits per heavy atom. The molecule has 3 aliphatic heterocycles. The van der Waals surface area contributed by atoms with E-state index in [2.05, 4.69) is 141 Å². The molecule has 4 N–H and O–H groups in total. The summed E-state index contributed by atoms with van der Waals surface area (Å²) < 4.78 is 14.0. The Morgan fingerprint density at radius 2 is 1.40 bits per heavy atom. The van der Waals surface area contributed by atoms with Gasteiger partial charge in [0.05, 0.1) is 27.4 Å². The lowest BCUT2D eigenvalue weighted by atomic mass is 9.85. The fourth-order valence-corrected chi connectivity index (χ4v) is 10.3. The highest BCUT2D eigenvalue weighted by molar-refractivity contribution is 14.1. The van der Waals surface area contributed by atoms with E-state index in [0.29, 0.717) is 35.7 Å². The molecule has 2 fully saturated rings. The van der Waals surface area contributed by atoms with Crippen LogP contribution < -0.4 is 14.3 Å². The first-order valence-electron chi connectivity index (χ1n) is 21.2. The van der Waals surface area contributed by atoms with Crippen molar-refractivity contribution in [3.63, 3.8) is 0 Å². The second-order valence-electron chi connectivity index (χ2n) is 16.9. The summed E-state index contributed by atoms with van der Waals surface area (Å²) in [5.74, 6) is 3.18. The van der Waals surface area contributed by atoms with Crippen LogP contribution in [0.25, 0.3) is 21.8 Å². The number of carbonyl (C=O) groups is 1. The van der Waals surface area contributed by atoms with Gasteiger partial charge >= 0.3 is 0 Å². The van der Waals surface area contributed by atoms with E-state index in [-0.39, 0.29) is 20.6 Å². The summed E-state index contributed by atoms with van der Waals surface area (Å²) in [4.78, 5) is 28.9. The molecule has 9 nitrogen and oxygen atoms in total. The Balaban J connectivity index is 0.000000128. The minimum absolute atomic E-state index is 0.142. The molecule has 6 heterocycles. The zero-order chi connectivity index (χ0) is 41.6. The zero-order valence-corrected chi connectivity index (χ0v) is 39.0. The Hall–Kier alpha value is -3.20. The molecule has 12 heteroatoms. The number of alkyl halides is 1. The number of phenolic OH excluding ortho intramolecular Hbond substituents is 1. The maximum atomic E-state index is 12.1. The van der Waals surface area contributed by atoms with Gasteiger partial charge in [0.15, 0.2) is 0 Å². The van der Waals surface area contributed by atoms with Crippen molar-refractivity contribution in [1.82, 2.24) is 19.9 Å². The van der Waals surface area contributed by atoms with Crippen LogP contribution in [0, 0.1) is 5.92 Å². The minimum atomic E-state index is -0.282. The summed E-state index contributed by atoms with van der Waals surface area (Å²) in [5, 5.41) is 12.6. The summed E-state index contributed by atoms with van der Waals surface area (Å²) in [5.41, 5.74) is 10.8. The van der Waals surface area contributed by atoms with Crippen LogP contribution in [0.5, 0.6) is 11.5 Å². The number of nitrogens with one attached hydrogen (secondary N) is 3. The molecule has 5 aromatic rings. The fraction of sp³-hybridized carbons (Fsp3) is 0.489. The standard InChI is InChI=1S/C15H21N2OP.C15H20N2O.C14H16N2O.CH4IP/c1-4-10-8-17(9(2)3)12-7-13(18-19)15-11(14(10)12)5-6-16-15;1-4-10-8-17(9(2)3)12-7-13(18)15-11(14(10)12)5-6-16-15;1-8(2)16-7-9-6-14(9)10-3-4-15-13(10)11(17)5-12(14)16;2-1-3/h5-7,9-10,16H,4,8,19H2,1-3H3;5-7,9-10,16,18H,4,8H2,1-3H3;3-5,8-9,15H,6-7H2,1-2H3;1,3H2/t2*10-;9-,14?;/m111./s1/i19D;;;/t10-,19?;2m;. The van der Waals surface area contributed by atoms with E-state index in [1.54, 1.807) is 0 Å². The molecule has 6 atom stereocenters. The van der Waals surface area contributed by atoms with E-state index >= 15 is 0 Å². The van der Waals surface area contributed by atoms with Gasteiger partial charge in [-0.25, -0.2) is 0 Å². The number of carbonyl (C=O) groups excluding carboxylic acids is 1. The van der Waals surface area contributed by atoms with E-state index < -0.39 is 0 Å². The number of H-pyrrole nitrogens is 3. The first-order valence-corrected chi connectivity index (χ1v) is 23.4. The van der Waals surface area contributed by atoms with E-state index in [4.69, 9.17) is 5.80 Å². The molecule has 2 aliphatic carbocycles. The SMILES string of the molecule is CC(C)N1C[C@H]2CC23C1=CC(=O)c1[nH]ccc13.CC[C@@H]1CN(C(C)C)c2cc(O)c3[nH]ccc3c21.PCI.[2H]POc1cc2c(c3cc[nH]c13)[C@H](CC)CN2C(C)C. The van der Waals surface area contributed by atoms with Crippen LogP contribution in [0.3, 0.4) is 0 Å². The normalized spacial score (nSPS) is 22.8. The highest BCUT2D eigenvalue weighted by Gasteiger charge is 2.66. The van der Waals surface area contributed by atoms with E-state index in [9.17, 15) is 9.90 Å². The number of fused-ring (bicyclic) bond motifs is 7. The van der Waals surface area contributed by atoms with Gasteiger partial charge in [-0.1, -0.05) is 36.4 Å². The molecule has 3 aromatic heterocycles. The van der Waals surface area contributed by atoms with Crippen molar-refractivity contribution in [2.24, 2.45) is 5.92 Å². The highest BCUT2D eigenvalue weighted by Crippen LogP contribution is 2.66. The van der Waals surface area contributed by atoms with E-state index in [1.807, 2.05) is 30.7 Å². The topological polar surface area (TPSA) is 104 Å². The number of aromatic nitrogens is 3. The van der Waals surface area contributed by atoms with Gasteiger partial charge in [-0.15, -0.1) is 9.24 Å². The number of aromatic amines is 3. The molecule has 5 aliphatic rings. The first-order chi connectivity index (χ1) is 27.9. The van der Waals surface area contributed by atoms with E-state index in [1.165, 1.54) is 51.0 Å². The van der Waals surface area contributed by atoms with Crippen molar-refractivity contribution in [3.05, 3.63) is 83.1 Å². The average molecular weight is 924 g/mol. The monoisotopic (exact) mass is 923 g/mol. The molecule has 0 radical (unpaired) electrons. The maximum absolute atomic E-state index is 12.1. The molecule has 1 saturated carbocycles. The fourth-order valence-electron chi connectivity index (χ4n) is 10.1. The number of halogens is 1. The van der Waals surface area contributed by atoms with Crippen LogP contribution in [0.2, 0.25) is 0 Å². The Labute approximate surface area is 358 Å². The van der Waals surface area contributed by atoms with Crippen LogP contribution in [0.1, 0.15) is 114 Å². The van der Waals surface area contributed by atoms with Crippen LogP contribution in [0.15, 0.2) is 60.7 Å². The number of phenols is 1. The third-order valence-corrected chi connectivity index (χ3v) is 13.2. The lowest BCUT2D eigenvalue weighted by Crippen LogP contribution is -2.33. The number of piperidine rings is 1. The first kappa shape index (κ1) is 40.6. The molecule has 0 bridgehead atoms. The van der Waals surface area contributed by atoms with E-state index in [0.717, 1.165) is 65.0 Å². The van der Waals surface area contributed by atoms with Gasteiger partial charge < -0.3 is 39.3 Å². The molecule has 10 rings (SSSR count). The average Bonchev–Trinajstić information content (AvgIpc) is 3.94. The molecule has 57 heavy (non-hydrogen) atoms. The summed E-state index contributed by atoms with van der Waals surface area (Å²) in [6.07, 6.45) is 11.2. The lowest BCUT2D eigenvalue weighted by Gasteiger charge is -2.32. The van der Waals surface area contributed by atoms with Crippen molar-refractivity contribution in [1.29, 1.82) is 1.28 Å². The Kier molecular flexibility index (Phi) is 12.0. The van der Waals surface area contributed by atoms with Gasteiger partial charge in [-0.05, 0) is 102 Å². The second-order valence-corrected chi connectivity index (χ2v) is 20.1. The third kappa shape index (κ3) is 7.18. The number of aromatic hydroxyl groups is 1. The van der Waals surface area contributed by atoms with Gasteiger partial charge in [0.1, 0.15) is 11.5 Å². The van der Waals surface area contributed by atoms with Gasteiger partial charge in [0, 0.05) is 124 Å². The number of anilines is 2. The van der Waals surface area contributed by atoms with Crippen LogP contribution in [-0.4, -0.2) is 73.9 Å². The smallest absolute Gasteiger partial charge is 0.204 e. The highest BCUT2D eigenvalue weighted by atomic mass is 127. The van der Waals surface area contributed by atoms with Gasteiger partial charge in [-0.3, -0.25) is 4.79 Å². The van der Waals surface area contributed by atoms with Crippen LogP contribution in [0.4, 0.5) is 11.4 Å². The van der Waals surface area contributed by atoms with Gasteiger partial charge in [-0.2, -0.15) is 0 Å². The molecule has 0 amide bonds. The van der Waals surface area contributed by atoms with Gasteiger partial charge in [0.2, 0.25) is 5.78 Å². The van der Waals surface area contributed by atoms with Crippen molar-refractivity contribution in [3.8, 4) is 11.5 Å². The number of benzene rings is 2. The molecule has 306 valence electrons. The number of hydrogen-bond acceptors (Lipinski definition) is 6. The number of nitrogens with zero attached hydrogens (tertiary/aromatic N) is 3. The Bertz CT molecular complexity index is 2300. The van der Waals surface area contributed by atoms with Crippen molar-refractivity contribution in [2.45, 2.75) is 110 Å².